The van der Waals surface area contributed by atoms with E-state index in [2.05, 4.69) is 137 Å². The monoisotopic (exact) mass is 613 g/mol. The molecule has 0 amide bonds. The van der Waals surface area contributed by atoms with Gasteiger partial charge in [0.25, 0.3) is 0 Å². The Labute approximate surface area is 280 Å². The van der Waals surface area contributed by atoms with Crippen LogP contribution in [0.4, 0.5) is 0 Å². The molecule has 5 aromatic carbocycles. The van der Waals surface area contributed by atoms with E-state index in [1.807, 2.05) is 60.9 Å². The number of nitrogens with zero attached hydrogens (tertiary/aromatic N) is 3. The molecule has 0 aliphatic rings. The van der Waals surface area contributed by atoms with Gasteiger partial charge in [-0.25, -0.2) is 4.98 Å². The molecule has 0 aliphatic carbocycles. The molecule has 48 heavy (non-hydrogen) atoms. The number of rotatable bonds is 7. The van der Waals surface area contributed by atoms with Gasteiger partial charge in [-0.05, 0) is 88.0 Å². The van der Waals surface area contributed by atoms with E-state index in [1.54, 1.807) is 0 Å². The minimum Gasteiger partial charge on any atom is -0.256 e. The normalized spacial score (nSPS) is 10.9. The van der Waals surface area contributed by atoms with E-state index in [4.69, 9.17) is 4.98 Å². The van der Waals surface area contributed by atoms with Crippen LogP contribution in [0.15, 0.2) is 188 Å². The smallest absolute Gasteiger partial charge is 0.0715 e. The standard InChI is InChI=1S/C45H31N3/c1-3-11-32(12-4-1)34-17-21-36(22-18-34)44-30-39(31-45(48-44)37-23-19-35(20-24-37)33-13-5-2-6-14-33)38-27-40(42-15-7-9-25-46-42)29-41(28-38)43-16-8-10-26-47-43/h1-31H. The molecule has 0 spiro atoms. The zero-order chi connectivity index (χ0) is 32.1. The molecule has 3 aromatic heterocycles. The van der Waals surface area contributed by atoms with Gasteiger partial charge in [-0.3, -0.25) is 9.97 Å². The number of hydrogen-bond acceptors (Lipinski definition) is 3. The number of pyridine rings is 3. The lowest BCUT2D eigenvalue weighted by molar-refractivity contribution is 1.30. The zero-order valence-corrected chi connectivity index (χ0v) is 26.2. The van der Waals surface area contributed by atoms with Gasteiger partial charge in [-0.15, -0.1) is 0 Å². The van der Waals surface area contributed by atoms with Crippen molar-refractivity contribution < 1.29 is 0 Å². The molecule has 3 heteroatoms. The highest BCUT2D eigenvalue weighted by atomic mass is 14.7. The molecule has 3 nitrogen and oxygen atoms in total. The second kappa shape index (κ2) is 13.1. The molecule has 8 rings (SSSR count). The summed E-state index contributed by atoms with van der Waals surface area (Å²) in [6, 6.07) is 61.3. The molecule has 226 valence electrons. The number of aromatic nitrogens is 3. The van der Waals surface area contributed by atoms with E-state index >= 15 is 0 Å². The van der Waals surface area contributed by atoms with E-state index in [0.717, 1.165) is 56.2 Å². The van der Waals surface area contributed by atoms with Gasteiger partial charge >= 0.3 is 0 Å². The average molecular weight is 614 g/mol. The third-order valence-electron chi connectivity index (χ3n) is 8.59. The minimum absolute atomic E-state index is 0.914. The fourth-order valence-corrected chi connectivity index (χ4v) is 6.08. The van der Waals surface area contributed by atoms with Crippen LogP contribution in [0, 0.1) is 0 Å². The Balaban J connectivity index is 1.28. The molecule has 0 unspecified atom stereocenters. The average Bonchev–Trinajstić information content (AvgIpc) is 3.19. The maximum Gasteiger partial charge on any atom is 0.0715 e. The van der Waals surface area contributed by atoms with Gasteiger partial charge in [0.2, 0.25) is 0 Å². The lowest BCUT2D eigenvalue weighted by atomic mass is 9.94. The maximum absolute atomic E-state index is 5.24. The highest BCUT2D eigenvalue weighted by Gasteiger charge is 2.13. The highest BCUT2D eigenvalue weighted by Crippen LogP contribution is 2.36. The Morgan fingerprint density at radius 2 is 0.583 bits per heavy atom. The summed E-state index contributed by atoms with van der Waals surface area (Å²) in [5.74, 6) is 0. The third-order valence-corrected chi connectivity index (χ3v) is 8.59. The molecule has 0 aliphatic heterocycles. The highest BCUT2D eigenvalue weighted by molar-refractivity contribution is 5.83. The molecule has 0 saturated heterocycles. The summed E-state index contributed by atoms with van der Waals surface area (Å²) in [6.45, 7) is 0. The maximum atomic E-state index is 5.24. The first-order valence-corrected chi connectivity index (χ1v) is 16.1. The molecular weight excluding hydrogens is 583 g/mol. The van der Waals surface area contributed by atoms with Gasteiger partial charge in [-0.1, -0.05) is 121 Å². The molecule has 0 N–H and O–H groups in total. The summed E-state index contributed by atoms with van der Waals surface area (Å²) in [5.41, 5.74) is 14.7. The van der Waals surface area contributed by atoms with Crippen molar-refractivity contribution in [2.24, 2.45) is 0 Å². The molecule has 0 saturated carbocycles. The predicted octanol–water partition coefficient (Wildman–Crippen LogP) is 11.5. The van der Waals surface area contributed by atoms with Crippen molar-refractivity contribution in [1.82, 2.24) is 15.0 Å². The molecule has 3 heterocycles. The number of hydrogen-bond donors (Lipinski definition) is 0. The van der Waals surface area contributed by atoms with Gasteiger partial charge in [0, 0.05) is 34.6 Å². The minimum atomic E-state index is 0.914. The summed E-state index contributed by atoms with van der Waals surface area (Å²) in [7, 11) is 0. The SMILES string of the molecule is c1ccc(-c2ccc(-c3cc(-c4cc(-c5ccccn5)cc(-c5ccccn5)c4)cc(-c4ccc(-c5ccccc5)cc4)n3)cc2)cc1. The summed E-state index contributed by atoms with van der Waals surface area (Å²) in [5, 5.41) is 0. The van der Waals surface area contributed by atoms with Crippen molar-refractivity contribution in [3.05, 3.63) is 188 Å². The Bertz CT molecular complexity index is 2120. The molecular formula is C45H31N3. The largest absolute Gasteiger partial charge is 0.256 e. The lowest BCUT2D eigenvalue weighted by Gasteiger charge is -2.14. The topological polar surface area (TPSA) is 38.7 Å². The predicted molar refractivity (Wildman–Crippen MR) is 198 cm³/mol. The van der Waals surface area contributed by atoms with Crippen molar-refractivity contribution in [3.63, 3.8) is 0 Å². The van der Waals surface area contributed by atoms with Crippen molar-refractivity contribution in [1.29, 1.82) is 0 Å². The molecule has 0 fully saturated rings. The quantitative estimate of drug-likeness (QED) is 0.179. The van der Waals surface area contributed by atoms with Gasteiger partial charge in [-0.2, -0.15) is 0 Å². The van der Waals surface area contributed by atoms with Crippen molar-refractivity contribution in [3.8, 4) is 78.4 Å². The first kappa shape index (κ1) is 29.0. The zero-order valence-electron chi connectivity index (χ0n) is 26.2. The number of benzene rings is 5. The van der Waals surface area contributed by atoms with Crippen LogP contribution in [-0.2, 0) is 0 Å². The summed E-state index contributed by atoms with van der Waals surface area (Å²) >= 11 is 0. The molecule has 8 aromatic rings. The van der Waals surface area contributed by atoms with Gasteiger partial charge < -0.3 is 0 Å². The summed E-state index contributed by atoms with van der Waals surface area (Å²) in [6.07, 6.45) is 3.67. The first-order valence-electron chi connectivity index (χ1n) is 16.1. The van der Waals surface area contributed by atoms with Crippen molar-refractivity contribution in [2.45, 2.75) is 0 Å². The van der Waals surface area contributed by atoms with Crippen LogP contribution in [0.3, 0.4) is 0 Å². The van der Waals surface area contributed by atoms with Crippen LogP contribution in [0.1, 0.15) is 0 Å². The fraction of sp³-hybridized carbons (Fsp3) is 0. The summed E-state index contributed by atoms with van der Waals surface area (Å²) < 4.78 is 0. The van der Waals surface area contributed by atoms with E-state index in [9.17, 15) is 0 Å². The first-order chi connectivity index (χ1) is 23.8. The summed E-state index contributed by atoms with van der Waals surface area (Å²) in [4.78, 5) is 14.6. The van der Waals surface area contributed by atoms with Crippen LogP contribution >= 0.6 is 0 Å². The Kier molecular flexibility index (Phi) is 7.92. The second-order valence-electron chi connectivity index (χ2n) is 11.7. The van der Waals surface area contributed by atoms with Crippen molar-refractivity contribution in [2.75, 3.05) is 0 Å². The van der Waals surface area contributed by atoms with Crippen molar-refractivity contribution >= 4 is 0 Å². The van der Waals surface area contributed by atoms with Gasteiger partial charge in [0.1, 0.15) is 0 Å². The van der Waals surface area contributed by atoms with Gasteiger partial charge in [0.05, 0.1) is 22.8 Å². The van der Waals surface area contributed by atoms with Gasteiger partial charge in [0.15, 0.2) is 0 Å². The van der Waals surface area contributed by atoms with E-state index in [0.29, 0.717) is 0 Å². The van der Waals surface area contributed by atoms with Crippen LogP contribution < -0.4 is 0 Å². The van der Waals surface area contributed by atoms with E-state index < -0.39 is 0 Å². The Morgan fingerprint density at radius 1 is 0.229 bits per heavy atom. The Morgan fingerprint density at radius 3 is 1.00 bits per heavy atom. The fourth-order valence-electron chi connectivity index (χ4n) is 6.08. The van der Waals surface area contributed by atoms with Crippen LogP contribution in [0.25, 0.3) is 78.4 Å². The van der Waals surface area contributed by atoms with E-state index in [-0.39, 0.29) is 0 Å². The Hall–Kier alpha value is -6.45. The second-order valence-corrected chi connectivity index (χ2v) is 11.7. The lowest BCUT2D eigenvalue weighted by Crippen LogP contribution is -1.93. The molecule has 0 bridgehead atoms. The van der Waals surface area contributed by atoms with Crippen LogP contribution in [0.2, 0.25) is 0 Å². The van der Waals surface area contributed by atoms with Crippen LogP contribution in [0.5, 0.6) is 0 Å². The van der Waals surface area contributed by atoms with E-state index in [1.165, 1.54) is 22.3 Å². The molecule has 0 atom stereocenters. The van der Waals surface area contributed by atoms with Crippen LogP contribution in [-0.4, -0.2) is 15.0 Å². The third kappa shape index (κ3) is 6.18. The molecule has 0 radical (unpaired) electrons.